The summed E-state index contributed by atoms with van der Waals surface area (Å²) in [5, 5.41) is 8.99. The summed E-state index contributed by atoms with van der Waals surface area (Å²) in [6, 6.07) is 9.01. The van der Waals surface area contributed by atoms with Crippen LogP contribution in [0.5, 0.6) is 0 Å². The van der Waals surface area contributed by atoms with E-state index in [0.717, 1.165) is 68.8 Å². The van der Waals surface area contributed by atoms with Gasteiger partial charge in [0.25, 0.3) is 0 Å². The van der Waals surface area contributed by atoms with Crippen molar-refractivity contribution in [2.75, 3.05) is 18.9 Å². The molecule has 0 aromatic heterocycles. The van der Waals surface area contributed by atoms with E-state index in [1.54, 1.807) is 12.1 Å². The summed E-state index contributed by atoms with van der Waals surface area (Å²) in [7, 11) is -1.19. The van der Waals surface area contributed by atoms with Crippen molar-refractivity contribution in [1.29, 1.82) is 0 Å². The smallest absolute Gasteiger partial charge is 0.305 e. The van der Waals surface area contributed by atoms with Gasteiger partial charge in [-0.25, -0.2) is 14.1 Å². The molecule has 2 amide bonds. The normalized spacial score (nSPS) is 18.8. The van der Waals surface area contributed by atoms with Gasteiger partial charge in [-0.2, -0.15) is 0 Å². The molecule has 1 unspecified atom stereocenters. The second-order valence-electron chi connectivity index (χ2n) is 9.61. The van der Waals surface area contributed by atoms with E-state index in [4.69, 9.17) is 5.14 Å². The monoisotopic (exact) mass is 452 g/mol. The zero-order chi connectivity index (χ0) is 22.3. The van der Waals surface area contributed by atoms with Crippen LogP contribution >= 0.6 is 0 Å². The molecule has 7 heteroatoms. The lowest BCUT2D eigenvalue weighted by molar-refractivity contribution is 0.260. The van der Waals surface area contributed by atoms with Crippen molar-refractivity contribution in [1.82, 2.24) is 4.90 Å². The van der Waals surface area contributed by atoms with Gasteiger partial charge >= 0.3 is 6.03 Å². The number of hydrogen-bond acceptors (Lipinski definition) is 3. The molecule has 2 aromatic rings. The van der Waals surface area contributed by atoms with Crippen molar-refractivity contribution < 1.29 is 9.00 Å². The second-order valence-corrected chi connectivity index (χ2v) is 11.4. The molecule has 3 aliphatic carbocycles. The molecule has 3 N–H and O–H groups in total. The van der Waals surface area contributed by atoms with Gasteiger partial charge < -0.3 is 10.2 Å². The minimum Gasteiger partial charge on any atom is -0.305 e. The molecule has 1 atom stereocenters. The van der Waals surface area contributed by atoms with Crippen molar-refractivity contribution >= 4 is 21.6 Å². The molecular weight excluding hydrogens is 420 g/mol. The van der Waals surface area contributed by atoms with Crippen LogP contribution in [0, 0.1) is 5.92 Å². The van der Waals surface area contributed by atoms with E-state index in [9.17, 15) is 9.00 Å². The zero-order valence-electron chi connectivity index (χ0n) is 18.7. The molecule has 1 fully saturated rings. The Balaban J connectivity index is 1.32. The molecule has 0 bridgehead atoms. The number of benzene rings is 2. The van der Waals surface area contributed by atoms with Crippen LogP contribution in [0.15, 0.2) is 39.6 Å². The lowest BCUT2D eigenvalue weighted by atomic mass is 9.99. The molecule has 0 aliphatic heterocycles. The van der Waals surface area contributed by atoms with Gasteiger partial charge in [-0.15, -0.1) is 4.36 Å². The Morgan fingerprint density at radius 3 is 2.31 bits per heavy atom. The average molecular weight is 453 g/mol. The SMILES string of the molecule is CN(Cc1ccc(S(N)(=O)=NC(=O)Nc2c3c(cc4c2CCC4)CCC3)cc1)CC1CC1. The summed E-state index contributed by atoms with van der Waals surface area (Å²) in [5.41, 5.74) is 7.13. The van der Waals surface area contributed by atoms with Crippen LogP contribution in [-0.2, 0) is 42.1 Å². The number of amides is 2. The van der Waals surface area contributed by atoms with E-state index in [1.807, 2.05) is 12.1 Å². The maximum absolute atomic E-state index is 13.1. The van der Waals surface area contributed by atoms with E-state index < -0.39 is 15.9 Å². The number of aryl methyl sites for hydroxylation is 2. The van der Waals surface area contributed by atoms with Crippen molar-refractivity contribution in [3.05, 3.63) is 58.1 Å². The fraction of sp³-hybridized carbons (Fsp3) is 0.480. The fourth-order valence-corrected chi connectivity index (χ4v) is 6.10. The van der Waals surface area contributed by atoms with Crippen molar-refractivity contribution in [3.8, 4) is 0 Å². The van der Waals surface area contributed by atoms with E-state index >= 15 is 0 Å². The summed E-state index contributed by atoms with van der Waals surface area (Å²) >= 11 is 0. The highest BCUT2D eigenvalue weighted by Gasteiger charge is 2.25. The van der Waals surface area contributed by atoms with E-state index in [0.29, 0.717) is 4.90 Å². The molecule has 1 saturated carbocycles. The molecular formula is C25H32N4O2S. The predicted octanol–water partition coefficient (Wildman–Crippen LogP) is 4.44. The molecule has 32 heavy (non-hydrogen) atoms. The lowest BCUT2D eigenvalue weighted by Gasteiger charge is -2.16. The number of hydrogen-bond donors (Lipinski definition) is 2. The second kappa shape index (κ2) is 8.61. The highest BCUT2D eigenvalue weighted by Crippen LogP contribution is 2.38. The van der Waals surface area contributed by atoms with Gasteiger partial charge in [0.1, 0.15) is 9.92 Å². The van der Waals surface area contributed by atoms with Crippen LogP contribution in [-0.4, -0.2) is 28.7 Å². The highest BCUT2D eigenvalue weighted by molar-refractivity contribution is 7.91. The standard InChI is InChI=1S/C25H32N4O2S/c1-29(15-17-8-9-17)16-18-10-12-21(13-11-18)32(26,31)28-25(30)27-24-22-6-2-4-19(22)14-20-5-3-7-23(20)24/h10-14,17H,2-9,15-16H2,1H3,(H3,26,27,28,30,31). The molecule has 2 aromatic carbocycles. The van der Waals surface area contributed by atoms with Crippen LogP contribution < -0.4 is 10.5 Å². The summed E-state index contributed by atoms with van der Waals surface area (Å²) in [4.78, 5) is 15.5. The van der Waals surface area contributed by atoms with E-state index in [-0.39, 0.29) is 0 Å². The number of nitrogens with two attached hydrogens (primary N) is 1. The van der Waals surface area contributed by atoms with Crippen molar-refractivity contribution in [3.63, 3.8) is 0 Å². The molecule has 0 saturated heterocycles. The Hall–Kier alpha value is -2.22. The highest BCUT2D eigenvalue weighted by atomic mass is 32.2. The topological polar surface area (TPSA) is 87.8 Å². The van der Waals surface area contributed by atoms with Gasteiger partial charge in [0.05, 0.1) is 4.90 Å². The first-order chi connectivity index (χ1) is 15.4. The minimum absolute atomic E-state index is 0.379. The number of fused-ring (bicyclic) bond motifs is 2. The third-order valence-corrected chi connectivity index (χ3v) is 8.29. The summed E-state index contributed by atoms with van der Waals surface area (Å²) < 4.78 is 17.0. The number of carbonyl (C=O) groups is 1. The van der Waals surface area contributed by atoms with Crippen LogP contribution in [0.2, 0.25) is 0 Å². The fourth-order valence-electron chi connectivity index (χ4n) is 5.18. The molecule has 0 spiro atoms. The Morgan fingerprint density at radius 1 is 1.09 bits per heavy atom. The molecule has 3 aliphatic rings. The number of rotatable bonds is 6. The minimum atomic E-state index is -3.31. The van der Waals surface area contributed by atoms with Gasteiger partial charge in [0.15, 0.2) is 0 Å². The Bertz CT molecular complexity index is 1130. The molecule has 6 nitrogen and oxygen atoms in total. The number of urea groups is 1. The van der Waals surface area contributed by atoms with Crippen LogP contribution in [0.3, 0.4) is 0 Å². The average Bonchev–Trinajstić information content (AvgIpc) is 3.22. The Morgan fingerprint density at radius 2 is 1.72 bits per heavy atom. The predicted molar refractivity (Wildman–Crippen MR) is 128 cm³/mol. The van der Waals surface area contributed by atoms with E-state index in [2.05, 4.69) is 27.7 Å². The summed E-state index contributed by atoms with van der Waals surface area (Å²) in [6.45, 7) is 1.95. The van der Waals surface area contributed by atoms with Gasteiger partial charge in [0, 0.05) is 18.8 Å². The number of nitrogens with one attached hydrogen (secondary N) is 1. The third-order valence-electron chi connectivity index (χ3n) is 6.90. The quantitative estimate of drug-likeness (QED) is 0.679. The largest absolute Gasteiger partial charge is 0.354 e. The Kier molecular flexibility index (Phi) is 5.82. The first-order valence-corrected chi connectivity index (χ1v) is 13.3. The third kappa shape index (κ3) is 4.60. The van der Waals surface area contributed by atoms with Crippen molar-refractivity contribution in [2.24, 2.45) is 15.4 Å². The van der Waals surface area contributed by atoms with Crippen LogP contribution in [0.1, 0.15) is 53.5 Å². The summed E-state index contributed by atoms with van der Waals surface area (Å²) in [5.74, 6) is 0.839. The first kappa shape index (κ1) is 21.6. The zero-order valence-corrected chi connectivity index (χ0v) is 19.5. The van der Waals surface area contributed by atoms with Gasteiger partial charge in [-0.1, -0.05) is 18.2 Å². The number of carbonyl (C=O) groups excluding carboxylic acids is 1. The van der Waals surface area contributed by atoms with Crippen molar-refractivity contribution in [2.45, 2.75) is 62.8 Å². The Labute approximate surface area is 190 Å². The van der Waals surface area contributed by atoms with Gasteiger partial charge in [-0.05, 0) is 104 Å². The van der Waals surface area contributed by atoms with Crippen LogP contribution in [0.25, 0.3) is 0 Å². The lowest BCUT2D eigenvalue weighted by Crippen LogP contribution is -2.21. The van der Waals surface area contributed by atoms with Crippen LogP contribution in [0.4, 0.5) is 10.5 Å². The molecule has 170 valence electrons. The molecule has 0 heterocycles. The van der Waals surface area contributed by atoms with Gasteiger partial charge in [0.2, 0.25) is 0 Å². The molecule has 0 radical (unpaired) electrons. The maximum atomic E-state index is 13.1. The summed E-state index contributed by atoms with van der Waals surface area (Å²) in [6.07, 6.45) is 8.91. The molecule has 5 rings (SSSR count). The number of nitrogens with zero attached hydrogens (tertiary/aromatic N) is 2. The first-order valence-electron chi connectivity index (χ1n) is 11.7. The maximum Gasteiger partial charge on any atom is 0.354 e. The van der Waals surface area contributed by atoms with E-state index in [1.165, 1.54) is 35.1 Å². The number of anilines is 1. The van der Waals surface area contributed by atoms with Gasteiger partial charge in [-0.3, -0.25) is 0 Å².